The molecular weight excluding hydrogens is 378 g/mol. The largest absolute Gasteiger partial charge is 0.465 e. The molecule has 162 valence electrons. The highest BCUT2D eigenvalue weighted by Gasteiger charge is 2.42. The molecule has 2 N–H and O–H groups in total. The van der Waals surface area contributed by atoms with Gasteiger partial charge in [-0.1, -0.05) is 44.2 Å². The van der Waals surface area contributed by atoms with Crippen LogP contribution in [0, 0.1) is 6.92 Å². The summed E-state index contributed by atoms with van der Waals surface area (Å²) in [5.41, 5.74) is 1.03. The Kier molecular flexibility index (Phi) is 6.09. The maximum atomic E-state index is 11.3. The highest BCUT2D eigenvalue weighted by atomic mass is 16.4. The molecule has 3 heterocycles. The molecule has 2 aliphatic heterocycles. The maximum absolute atomic E-state index is 11.3. The zero-order valence-corrected chi connectivity index (χ0v) is 18.2. The van der Waals surface area contributed by atoms with Crippen molar-refractivity contribution in [1.82, 2.24) is 25.0 Å². The van der Waals surface area contributed by atoms with Crippen LogP contribution in [0.1, 0.15) is 81.2 Å². The van der Waals surface area contributed by atoms with Crippen LogP contribution in [0.5, 0.6) is 0 Å². The molecule has 1 amide bonds. The molecule has 2 aromatic rings. The first-order valence-corrected chi connectivity index (χ1v) is 11.2. The van der Waals surface area contributed by atoms with E-state index in [0.29, 0.717) is 24.0 Å². The van der Waals surface area contributed by atoms with E-state index < -0.39 is 6.09 Å². The lowest BCUT2D eigenvalue weighted by atomic mass is 9.95. The number of nitrogens with zero attached hydrogens (tertiary/aromatic N) is 4. The number of carbonyl (C=O) groups is 1. The van der Waals surface area contributed by atoms with Gasteiger partial charge in [-0.3, -0.25) is 4.90 Å². The topological polar surface area (TPSA) is 83.3 Å². The fourth-order valence-electron chi connectivity index (χ4n) is 5.49. The van der Waals surface area contributed by atoms with Gasteiger partial charge in [-0.15, -0.1) is 10.2 Å². The number of benzene rings is 1. The van der Waals surface area contributed by atoms with Crippen molar-refractivity contribution in [1.29, 1.82) is 0 Å². The molecule has 7 nitrogen and oxygen atoms in total. The molecule has 2 aliphatic rings. The van der Waals surface area contributed by atoms with Gasteiger partial charge < -0.3 is 15.0 Å². The number of amides is 1. The molecule has 3 atom stereocenters. The summed E-state index contributed by atoms with van der Waals surface area (Å²) in [5.74, 6) is 2.49. The third-order valence-electron chi connectivity index (χ3n) is 6.81. The van der Waals surface area contributed by atoms with Crippen LogP contribution in [0.25, 0.3) is 0 Å². The third-order valence-corrected chi connectivity index (χ3v) is 6.81. The van der Waals surface area contributed by atoms with E-state index >= 15 is 0 Å². The molecule has 0 saturated carbocycles. The number of fused-ring (bicyclic) bond motifs is 2. The van der Waals surface area contributed by atoms with Crippen LogP contribution in [-0.4, -0.2) is 49.5 Å². The van der Waals surface area contributed by atoms with Crippen LogP contribution >= 0.6 is 0 Å². The average molecular weight is 412 g/mol. The van der Waals surface area contributed by atoms with Gasteiger partial charge in [0.1, 0.15) is 11.6 Å². The van der Waals surface area contributed by atoms with E-state index in [2.05, 4.69) is 45.8 Å². The van der Waals surface area contributed by atoms with E-state index in [9.17, 15) is 9.90 Å². The van der Waals surface area contributed by atoms with E-state index in [1.807, 2.05) is 30.3 Å². The summed E-state index contributed by atoms with van der Waals surface area (Å²) in [6.45, 7) is 7.35. The first kappa shape index (κ1) is 20.8. The highest BCUT2D eigenvalue weighted by molar-refractivity contribution is 5.65. The molecule has 2 fully saturated rings. The molecular formula is C23H33N5O2. The van der Waals surface area contributed by atoms with Gasteiger partial charge in [0.05, 0.1) is 6.04 Å². The molecule has 7 heteroatoms. The lowest BCUT2D eigenvalue weighted by Gasteiger charge is -2.40. The van der Waals surface area contributed by atoms with Crippen molar-refractivity contribution in [2.24, 2.45) is 0 Å². The smallest absolute Gasteiger partial charge is 0.405 e. The minimum absolute atomic E-state index is 0.173. The van der Waals surface area contributed by atoms with E-state index in [0.717, 1.165) is 43.0 Å². The summed E-state index contributed by atoms with van der Waals surface area (Å²) in [4.78, 5) is 14.0. The summed E-state index contributed by atoms with van der Waals surface area (Å²) in [5, 5.41) is 20.8. The normalized spacial score (nSPS) is 24.9. The van der Waals surface area contributed by atoms with Crippen molar-refractivity contribution < 1.29 is 9.90 Å². The van der Waals surface area contributed by atoms with Crippen molar-refractivity contribution in [2.75, 3.05) is 6.54 Å². The zero-order valence-electron chi connectivity index (χ0n) is 18.2. The van der Waals surface area contributed by atoms with Gasteiger partial charge in [-0.25, -0.2) is 4.79 Å². The number of piperidine rings is 1. The van der Waals surface area contributed by atoms with Crippen molar-refractivity contribution in [3.05, 3.63) is 47.5 Å². The quantitative estimate of drug-likeness (QED) is 0.711. The molecule has 2 saturated heterocycles. The molecule has 0 spiro atoms. The van der Waals surface area contributed by atoms with Gasteiger partial charge in [0.15, 0.2) is 0 Å². The van der Waals surface area contributed by atoms with E-state index in [-0.39, 0.29) is 6.04 Å². The van der Waals surface area contributed by atoms with Crippen LogP contribution in [-0.2, 0) is 0 Å². The minimum Gasteiger partial charge on any atom is -0.465 e. The fourth-order valence-corrected chi connectivity index (χ4v) is 5.49. The molecule has 2 bridgehead atoms. The average Bonchev–Trinajstić information content (AvgIpc) is 3.21. The Balaban J connectivity index is 1.44. The second kappa shape index (κ2) is 8.76. The van der Waals surface area contributed by atoms with Crippen LogP contribution in [0.15, 0.2) is 30.3 Å². The molecule has 0 radical (unpaired) electrons. The van der Waals surface area contributed by atoms with E-state index in [4.69, 9.17) is 0 Å². The van der Waals surface area contributed by atoms with E-state index in [1.165, 1.54) is 12.8 Å². The Bertz CT molecular complexity index is 852. The van der Waals surface area contributed by atoms with Gasteiger partial charge in [-0.2, -0.15) is 0 Å². The lowest BCUT2D eigenvalue weighted by Crippen LogP contribution is -2.45. The van der Waals surface area contributed by atoms with Gasteiger partial charge >= 0.3 is 6.09 Å². The summed E-state index contributed by atoms with van der Waals surface area (Å²) in [6, 6.07) is 11.3. The number of hydrogen-bond donors (Lipinski definition) is 2. The summed E-state index contributed by atoms with van der Waals surface area (Å²) >= 11 is 0. The first-order chi connectivity index (χ1) is 14.4. The number of aryl methyl sites for hydroxylation is 1. The molecule has 3 unspecified atom stereocenters. The van der Waals surface area contributed by atoms with Gasteiger partial charge in [0.25, 0.3) is 0 Å². The Hall–Kier alpha value is -2.41. The second-order valence-electron chi connectivity index (χ2n) is 9.08. The standard InChI is InChI=1S/C23H33N5O2/c1-15(2)22-26-25-16(3)28(22)20-13-18-9-10-19(14-20)27(18)12-11-21(24-23(29)30)17-7-5-4-6-8-17/h4-8,15,18-21,24H,9-14H2,1-3H3,(H,29,30). The molecule has 1 aromatic carbocycles. The third kappa shape index (κ3) is 4.21. The van der Waals surface area contributed by atoms with Gasteiger partial charge in [0, 0.05) is 30.6 Å². The highest BCUT2D eigenvalue weighted by Crippen LogP contribution is 2.42. The number of hydrogen-bond acceptors (Lipinski definition) is 4. The van der Waals surface area contributed by atoms with Crippen molar-refractivity contribution in [3.63, 3.8) is 0 Å². The van der Waals surface area contributed by atoms with E-state index in [1.54, 1.807) is 0 Å². The first-order valence-electron chi connectivity index (χ1n) is 11.2. The number of carboxylic acid groups (broad SMARTS) is 1. The molecule has 0 aliphatic carbocycles. The van der Waals surface area contributed by atoms with Crippen molar-refractivity contribution in [3.8, 4) is 0 Å². The lowest BCUT2D eigenvalue weighted by molar-refractivity contribution is 0.0994. The summed E-state index contributed by atoms with van der Waals surface area (Å²) in [7, 11) is 0. The Morgan fingerprint density at radius 1 is 1.13 bits per heavy atom. The SMILES string of the molecule is Cc1nnc(C(C)C)n1C1CC2CCC(C1)N2CCC(NC(=O)O)c1ccccc1. The molecule has 1 aromatic heterocycles. The fraction of sp³-hybridized carbons (Fsp3) is 0.609. The Labute approximate surface area is 178 Å². The molecule has 30 heavy (non-hydrogen) atoms. The van der Waals surface area contributed by atoms with Gasteiger partial charge in [0.2, 0.25) is 0 Å². The maximum Gasteiger partial charge on any atom is 0.405 e. The Morgan fingerprint density at radius 3 is 2.40 bits per heavy atom. The summed E-state index contributed by atoms with van der Waals surface area (Å²) in [6.07, 6.45) is 4.52. The minimum atomic E-state index is -0.963. The zero-order chi connectivity index (χ0) is 21.3. The second-order valence-corrected chi connectivity index (χ2v) is 9.08. The van der Waals surface area contributed by atoms with Crippen LogP contribution in [0.2, 0.25) is 0 Å². The molecule has 4 rings (SSSR count). The summed E-state index contributed by atoms with van der Waals surface area (Å²) < 4.78 is 2.38. The van der Waals surface area contributed by atoms with Gasteiger partial charge in [-0.05, 0) is 44.6 Å². The van der Waals surface area contributed by atoms with Crippen LogP contribution < -0.4 is 5.32 Å². The van der Waals surface area contributed by atoms with Crippen molar-refractivity contribution in [2.45, 2.75) is 83.0 Å². The van der Waals surface area contributed by atoms with Crippen LogP contribution in [0.4, 0.5) is 4.79 Å². The Morgan fingerprint density at radius 2 is 1.80 bits per heavy atom. The number of aromatic nitrogens is 3. The van der Waals surface area contributed by atoms with Crippen molar-refractivity contribution >= 4 is 6.09 Å². The predicted octanol–water partition coefficient (Wildman–Crippen LogP) is 4.28. The predicted molar refractivity (Wildman–Crippen MR) is 116 cm³/mol. The number of nitrogens with one attached hydrogen (secondary N) is 1. The monoisotopic (exact) mass is 411 g/mol. The van der Waals surface area contributed by atoms with Crippen LogP contribution in [0.3, 0.4) is 0 Å². The number of rotatable bonds is 7.